The zero-order chi connectivity index (χ0) is 24.6. The van der Waals surface area contributed by atoms with Crippen LogP contribution in [-0.2, 0) is 14.3 Å². The van der Waals surface area contributed by atoms with Crippen molar-refractivity contribution >= 4 is 23.9 Å². The molecule has 2 N–H and O–H groups in total. The van der Waals surface area contributed by atoms with Gasteiger partial charge < -0.3 is 24.0 Å². The summed E-state index contributed by atoms with van der Waals surface area (Å²) >= 11 is 0. The molecule has 35 heavy (non-hydrogen) atoms. The van der Waals surface area contributed by atoms with Gasteiger partial charge in [-0.3, -0.25) is 10.1 Å². The van der Waals surface area contributed by atoms with E-state index in [9.17, 15) is 19.5 Å². The lowest BCUT2D eigenvalue weighted by atomic mass is 9.98. The molecule has 0 radical (unpaired) electrons. The number of nitrogens with one attached hydrogen (secondary N) is 1. The van der Waals surface area contributed by atoms with Crippen LogP contribution in [0.1, 0.15) is 34.0 Å². The number of carboxylic acid groups (broad SMARTS) is 1. The third-order valence-corrected chi connectivity index (χ3v) is 6.60. The first-order chi connectivity index (χ1) is 16.9. The van der Waals surface area contributed by atoms with Crippen molar-refractivity contribution in [2.24, 2.45) is 0 Å². The fraction of sp³-hybridized carbons (Fsp3) is 0.280. The minimum atomic E-state index is -1.44. The number of carbonyl (C=O) groups excluding carboxylic acids is 2. The van der Waals surface area contributed by atoms with E-state index in [1.54, 1.807) is 0 Å². The van der Waals surface area contributed by atoms with Crippen LogP contribution in [0, 0.1) is 0 Å². The topological polar surface area (TPSA) is 131 Å². The summed E-state index contributed by atoms with van der Waals surface area (Å²) in [7, 11) is 1.30. The van der Waals surface area contributed by atoms with Gasteiger partial charge in [-0.15, -0.1) is 0 Å². The van der Waals surface area contributed by atoms with Crippen molar-refractivity contribution < 1.29 is 33.5 Å². The van der Waals surface area contributed by atoms with Crippen LogP contribution in [0.3, 0.4) is 0 Å². The van der Waals surface area contributed by atoms with Crippen LogP contribution in [-0.4, -0.2) is 65.5 Å². The normalized spacial score (nSPS) is 18.7. The summed E-state index contributed by atoms with van der Waals surface area (Å²) in [4.78, 5) is 38.0. The summed E-state index contributed by atoms with van der Waals surface area (Å²) < 4.78 is 15.7. The van der Waals surface area contributed by atoms with Gasteiger partial charge in [-0.1, -0.05) is 53.7 Å². The fourth-order valence-electron chi connectivity index (χ4n) is 4.72. The van der Waals surface area contributed by atoms with Crippen molar-refractivity contribution in [3.05, 3.63) is 71.4 Å². The first-order valence-electron chi connectivity index (χ1n) is 11.1. The highest BCUT2D eigenvalue weighted by Gasteiger charge is 2.47. The van der Waals surface area contributed by atoms with Crippen molar-refractivity contribution in [1.82, 2.24) is 10.1 Å². The maximum absolute atomic E-state index is 12.7. The van der Waals surface area contributed by atoms with Crippen molar-refractivity contribution in [3.63, 3.8) is 0 Å². The highest BCUT2D eigenvalue weighted by atomic mass is 16.6. The Bertz CT molecular complexity index is 1260. The number of methoxy groups -OCH3 is 1. The Morgan fingerprint density at radius 3 is 2.40 bits per heavy atom. The first-order valence-corrected chi connectivity index (χ1v) is 11.1. The van der Waals surface area contributed by atoms with E-state index in [1.165, 1.54) is 18.1 Å². The van der Waals surface area contributed by atoms with Gasteiger partial charge in [-0.2, -0.15) is 0 Å². The monoisotopic (exact) mass is 477 g/mol. The molecule has 10 nitrogen and oxygen atoms in total. The number of likely N-dealkylation sites (tertiary alicyclic amines) is 1. The van der Waals surface area contributed by atoms with E-state index in [0.29, 0.717) is 0 Å². The van der Waals surface area contributed by atoms with Crippen molar-refractivity contribution in [3.8, 4) is 11.1 Å². The molecule has 1 aromatic heterocycles. The molecule has 5 rings (SSSR count). The Kier molecular flexibility index (Phi) is 5.73. The van der Waals surface area contributed by atoms with Crippen LogP contribution >= 0.6 is 0 Å². The minimum Gasteiger partial charge on any atom is -0.479 e. The maximum atomic E-state index is 12.7. The molecule has 3 aromatic rings. The molecule has 180 valence electrons. The number of aliphatic carboxylic acids is 1. The number of amides is 2. The third-order valence-electron chi connectivity index (χ3n) is 6.60. The first kappa shape index (κ1) is 22.6. The molecule has 0 saturated carbocycles. The number of carboxylic acids is 1. The Hall–Kier alpha value is -4.18. The number of benzene rings is 2. The Labute approximate surface area is 200 Å². The Balaban J connectivity index is 1.21. The van der Waals surface area contributed by atoms with Crippen LogP contribution in [0.2, 0.25) is 0 Å². The average molecular weight is 477 g/mol. The molecule has 10 heteroatoms. The predicted octanol–water partition coefficient (Wildman–Crippen LogP) is 3.35. The van der Waals surface area contributed by atoms with Gasteiger partial charge in [-0.25, -0.2) is 9.59 Å². The molecular weight excluding hydrogens is 454 g/mol. The number of rotatable bonds is 6. The van der Waals surface area contributed by atoms with Gasteiger partial charge in [0.2, 0.25) is 5.88 Å². The smallest absolute Gasteiger partial charge is 0.414 e. The number of anilines is 1. The number of hydrogen-bond donors (Lipinski definition) is 2. The fourth-order valence-corrected chi connectivity index (χ4v) is 4.72. The summed E-state index contributed by atoms with van der Waals surface area (Å²) in [5.74, 6) is -1.80. The molecule has 1 fully saturated rings. The highest BCUT2D eigenvalue weighted by Crippen LogP contribution is 2.44. The van der Waals surface area contributed by atoms with E-state index in [4.69, 9.17) is 14.0 Å². The molecule has 2 amide bonds. The average Bonchev–Trinajstić information content (AvgIpc) is 3.59. The molecule has 1 aliphatic carbocycles. The number of ether oxygens (including phenoxy) is 2. The summed E-state index contributed by atoms with van der Waals surface area (Å²) in [6.07, 6.45) is -0.583. The lowest BCUT2D eigenvalue weighted by molar-refractivity contribution is -0.160. The van der Waals surface area contributed by atoms with Gasteiger partial charge in [0.1, 0.15) is 6.61 Å². The van der Waals surface area contributed by atoms with E-state index >= 15 is 0 Å². The summed E-state index contributed by atoms with van der Waals surface area (Å²) in [5, 5.41) is 15.6. The second-order valence-electron chi connectivity index (χ2n) is 8.51. The van der Waals surface area contributed by atoms with Gasteiger partial charge in [0, 0.05) is 32.1 Å². The molecule has 0 spiro atoms. The molecule has 1 atom stereocenters. The molecule has 2 aromatic carbocycles. The number of hydrogen-bond acceptors (Lipinski definition) is 7. The van der Waals surface area contributed by atoms with Gasteiger partial charge in [0.05, 0.1) is 6.54 Å². The molecule has 1 saturated heterocycles. The summed E-state index contributed by atoms with van der Waals surface area (Å²) in [5.41, 5.74) is 2.93. The lowest BCUT2D eigenvalue weighted by Crippen LogP contribution is -2.44. The Morgan fingerprint density at radius 2 is 1.80 bits per heavy atom. The van der Waals surface area contributed by atoms with Crippen LogP contribution in [0.15, 0.2) is 59.1 Å². The highest BCUT2D eigenvalue weighted by molar-refractivity contribution is 5.95. The van der Waals surface area contributed by atoms with E-state index in [2.05, 4.69) is 22.6 Å². The molecule has 1 aliphatic heterocycles. The second-order valence-corrected chi connectivity index (χ2v) is 8.51. The van der Waals surface area contributed by atoms with Crippen molar-refractivity contribution in [2.45, 2.75) is 17.9 Å². The van der Waals surface area contributed by atoms with E-state index in [-0.39, 0.29) is 43.6 Å². The largest absolute Gasteiger partial charge is 0.479 e. The van der Waals surface area contributed by atoms with Crippen molar-refractivity contribution in [2.75, 3.05) is 32.1 Å². The van der Waals surface area contributed by atoms with Crippen LogP contribution in [0.5, 0.6) is 0 Å². The zero-order valence-corrected chi connectivity index (χ0v) is 18.9. The number of aromatic nitrogens is 1. The van der Waals surface area contributed by atoms with Gasteiger partial charge in [-0.05, 0) is 22.3 Å². The SMILES string of the molecule is COC1(C(=O)O)CCN(C(=O)c2cc(NC(=O)OCC3c4ccccc4-c4ccccc43)on2)C1. The van der Waals surface area contributed by atoms with Gasteiger partial charge >= 0.3 is 12.1 Å². The molecule has 1 unspecified atom stereocenters. The summed E-state index contributed by atoms with van der Waals surface area (Å²) in [6.45, 7) is 0.211. The second kappa shape index (κ2) is 8.88. The number of fused-ring (bicyclic) bond motifs is 3. The molecular formula is C25H23N3O7. The van der Waals surface area contributed by atoms with Crippen LogP contribution in [0.4, 0.5) is 10.7 Å². The van der Waals surface area contributed by atoms with Gasteiger partial charge in [0.25, 0.3) is 5.91 Å². The summed E-state index contributed by atoms with van der Waals surface area (Å²) in [6, 6.07) is 17.3. The standard InChI is InChI=1S/C25H23N3O7/c1-33-25(23(30)31)10-11-28(14-25)22(29)20-12-21(35-27-20)26-24(32)34-13-19-17-8-4-2-6-15(17)16-7-3-5-9-18(16)19/h2-9,12,19H,10-11,13-14H2,1H3,(H,26,32)(H,30,31). The molecule has 2 aliphatic rings. The molecule has 2 heterocycles. The minimum absolute atomic E-state index is 0.0546. The lowest BCUT2D eigenvalue weighted by Gasteiger charge is -2.22. The number of carbonyl (C=O) groups is 3. The Morgan fingerprint density at radius 1 is 1.14 bits per heavy atom. The zero-order valence-electron chi connectivity index (χ0n) is 18.9. The van der Waals surface area contributed by atoms with E-state index in [0.717, 1.165) is 22.3 Å². The maximum Gasteiger partial charge on any atom is 0.414 e. The third kappa shape index (κ3) is 4.01. The van der Waals surface area contributed by atoms with Crippen LogP contribution in [0.25, 0.3) is 11.1 Å². The van der Waals surface area contributed by atoms with E-state index in [1.807, 2.05) is 36.4 Å². The molecule has 0 bridgehead atoms. The quantitative estimate of drug-likeness (QED) is 0.553. The number of nitrogens with zero attached hydrogens (tertiary/aromatic N) is 2. The van der Waals surface area contributed by atoms with E-state index < -0.39 is 23.6 Å². The van der Waals surface area contributed by atoms with Gasteiger partial charge in [0.15, 0.2) is 11.3 Å². The van der Waals surface area contributed by atoms with Crippen molar-refractivity contribution in [1.29, 1.82) is 0 Å². The predicted molar refractivity (Wildman–Crippen MR) is 123 cm³/mol. The van der Waals surface area contributed by atoms with Crippen LogP contribution < -0.4 is 5.32 Å².